The van der Waals surface area contributed by atoms with Crippen molar-refractivity contribution in [3.05, 3.63) is 51.9 Å². The Morgan fingerprint density at radius 2 is 2.16 bits per heavy atom. The van der Waals surface area contributed by atoms with Crippen molar-refractivity contribution in [2.75, 3.05) is 0 Å². The summed E-state index contributed by atoms with van der Waals surface area (Å²) in [5.74, 6) is 5.04. The second kappa shape index (κ2) is 5.97. The molecule has 0 unspecified atom stereocenters. The van der Waals surface area contributed by atoms with Gasteiger partial charge in [-0.1, -0.05) is 29.3 Å². The normalized spacial score (nSPS) is 10.3. The fourth-order valence-corrected chi connectivity index (χ4v) is 1.81. The molecular formula is C12H10Cl2N2O3. The summed E-state index contributed by atoms with van der Waals surface area (Å²) in [6.07, 6.45) is 1.38. The van der Waals surface area contributed by atoms with E-state index in [1.807, 2.05) is 5.43 Å². The Balaban J connectivity index is 2.13. The van der Waals surface area contributed by atoms with Crippen molar-refractivity contribution >= 4 is 29.1 Å². The van der Waals surface area contributed by atoms with Crippen molar-refractivity contribution in [1.29, 1.82) is 0 Å². The van der Waals surface area contributed by atoms with Crippen LogP contribution in [-0.4, -0.2) is 5.91 Å². The minimum atomic E-state index is -0.527. The molecule has 3 N–H and O–H groups in total. The number of carbonyl (C=O) groups excluding carboxylic acids is 1. The molecule has 1 heterocycles. The molecule has 1 amide bonds. The Morgan fingerprint density at radius 1 is 1.37 bits per heavy atom. The van der Waals surface area contributed by atoms with E-state index in [0.717, 1.165) is 0 Å². The highest BCUT2D eigenvalue weighted by atomic mass is 35.5. The van der Waals surface area contributed by atoms with Crippen LogP contribution in [0.3, 0.4) is 0 Å². The van der Waals surface area contributed by atoms with Gasteiger partial charge in [0.05, 0.1) is 11.3 Å². The number of amides is 1. The number of benzene rings is 1. The fourth-order valence-electron chi connectivity index (χ4n) is 1.47. The fraction of sp³-hybridized carbons (Fsp3) is 0.0833. The van der Waals surface area contributed by atoms with Gasteiger partial charge in [0.15, 0.2) is 5.76 Å². The van der Waals surface area contributed by atoms with Gasteiger partial charge in [-0.25, -0.2) is 5.84 Å². The van der Waals surface area contributed by atoms with Crippen molar-refractivity contribution in [3.8, 4) is 5.75 Å². The zero-order valence-corrected chi connectivity index (χ0v) is 11.2. The number of halogens is 2. The molecule has 5 nitrogen and oxygen atoms in total. The van der Waals surface area contributed by atoms with E-state index in [0.29, 0.717) is 21.4 Å². The highest BCUT2D eigenvalue weighted by Crippen LogP contribution is 2.32. The Labute approximate surface area is 119 Å². The first-order chi connectivity index (χ1) is 9.13. The zero-order chi connectivity index (χ0) is 13.8. The van der Waals surface area contributed by atoms with E-state index < -0.39 is 5.91 Å². The van der Waals surface area contributed by atoms with Crippen LogP contribution in [-0.2, 0) is 6.61 Å². The van der Waals surface area contributed by atoms with Crippen LogP contribution < -0.4 is 16.0 Å². The first kappa shape index (κ1) is 13.7. The standard InChI is InChI=1S/C12H10Cl2N2O3/c13-8-2-1-3-9(10(8)14)19-6-7-4-5-18-11(7)12(17)16-15/h1-5H,6,15H2,(H,16,17). The second-order valence-corrected chi connectivity index (χ2v) is 4.37. The molecule has 100 valence electrons. The molecule has 0 fully saturated rings. The SMILES string of the molecule is NNC(=O)c1occc1COc1cccc(Cl)c1Cl. The number of nitrogens with two attached hydrogens (primary N) is 1. The molecule has 1 aromatic carbocycles. The lowest BCUT2D eigenvalue weighted by molar-refractivity contribution is 0.0922. The minimum absolute atomic E-state index is 0.0978. The monoisotopic (exact) mass is 300 g/mol. The third-order valence-electron chi connectivity index (χ3n) is 2.38. The van der Waals surface area contributed by atoms with Crippen LogP contribution in [0.5, 0.6) is 5.75 Å². The molecule has 19 heavy (non-hydrogen) atoms. The van der Waals surface area contributed by atoms with E-state index >= 15 is 0 Å². The van der Waals surface area contributed by atoms with Gasteiger partial charge in [-0.2, -0.15) is 0 Å². The first-order valence-corrected chi connectivity index (χ1v) is 6.03. The summed E-state index contributed by atoms with van der Waals surface area (Å²) in [6, 6.07) is 6.66. The minimum Gasteiger partial charge on any atom is -0.487 e. The van der Waals surface area contributed by atoms with Gasteiger partial charge >= 0.3 is 5.91 Å². The lowest BCUT2D eigenvalue weighted by Crippen LogP contribution is -2.30. The maximum Gasteiger partial charge on any atom is 0.301 e. The quantitative estimate of drug-likeness (QED) is 0.517. The van der Waals surface area contributed by atoms with E-state index in [1.165, 1.54) is 6.26 Å². The summed E-state index contributed by atoms with van der Waals surface area (Å²) in [7, 11) is 0. The molecule has 0 aliphatic heterocycles. The average Bonchev–Trinajstić information content (AvgIpc) is 2.88. The smallest absolute Gasteiger partial charge is 0.301 e. The molecule has 0 saturated carbocycles. The molecule has 0 saturated heterocycles. The van der Waals surface area contributed by atoms with Gasteiger partial charge in [-0.05, 0) is 18.2 Å². The number of rotatable bonds is 4. The molecule has 0 bridgehead atoms. The zero-order valence-electron chi connectivity index (χ0n) is 9.65. The maximum atomic E-state index is 11.4. The van der Waals surface area contributed by atoms with E-state index in [2.05, 4.69) is 0 Å². The van der Waals surface area contributed by atoms with Gasteiger partial charge in [0.1, 0.15) is 17.4 Å². The maximum absolute atomic E-state index is 11.4. The van der Waals surface area contributed by atoms with Gasteiger partial charge in [0.25, 0.3) is 0 Å². The van der Waals surface area contributed by atoms with Crippen LogP contribution >= 0.6 is 23.2 Å². The number of furan rings is 1. The number of ether oxygens (including phenoxy) is 1. The van der Waals surface area contributed by atoms with Crippen LogP contribution in [0.4, 0.5) is 0 Å². The Bertz CT molecular complexity index is 598. The van der Waals surface area contributed by atoms with Gasteiger partial charge in [-0.15, -0.1) is 0 Å². The molecule has 2 rings (SSSR count). The predicted octanol–water partition coefficient (Wildman–Crippen LogP) is 2.77. The Morgan fingerprint density at radius 3 is 2.89 bits per heavy atom. The lowest BCUT2D eigenvalue weighted by atomic mass is 10.2. The molecule has 0 spiro atoms. The molecular weight excluding hydrogens is 291 g/mol. The number of hydrazine groups is 1. The van der Waals surface area contributed by atoms with E-state index in [4.69, 9.17) is 38.2 Å². The van der Waals surface area contributed by atoms with Crippen LogP contribution in [0.2, 0.25) is 10.0 Å². The van der Waals surface area contributed by atoms with Gasteiger partial charge < -0.3 is 9.15 Å². The molecule has 0 atom stereocenters. The molecule has 0 aliphatic rings. The second-order valence-electron chi connectivity index (χ2n) is 3.59. The van der Waals surface area contributed by atoms with E-state index in [9.17, 15) is 4.79 Å². The summed E-state index contributed by atoms with van der Waals surface area (Å²) < 4.78 is 10.5. The largest absolute Gasteiger partial charge is 0.487 e. The highest BCUT2D eigenvalue weighted by molar-refractivity contribution is 6.42. The van der Waals surface area contributed by atoms with Crippen LogP contribution in [0.1, 0.15) is 16.1 Å². The number of hydrogen-bond acceptors (Lipinski definition) is 4. The number of hydrogen-bond donors (Lipinski definition) is 2. The van der Waals surface area contributed by atoms with Crippen LogP contribution in [0.15, 0.2) is 34.9 Å². The number of nitrogen functional groups attached to an aromatic ring is 1. The number of carbonyl (C=O) groups is 1. The highest BCUT2D eigenvalue weighted by Gasteiger charge is 2.15. The summed E-state index contributed by atoms with van der Waals surface area (Å²) in [6.45, 7) is 0.110. The molecule has 0 aliphatic carbocycles. The van der Waals surface area contributed by atoms with Crippen molar-refractivity contribution in [2.45, 2.75) is 6.61 Å². The van der Waals surface area contributed by atoms with Gasteiger partial charge in [0.2, 0.25) is 0 Å². The molecule has 2 aromatic rings. The third kappa shape index (κ3) is 3.01. The Hall–Kier alpha value is -1.69. The van der Waals surface area contributed by atoms with Gasteiger partial charge in [-0.3, -0.25) is 10.2 Å². The Kier molecular flexibility index (Phi) is 4.31. The summed E-state index contributed by atoms with van der Waals surface area (Å²) in [4.78, 5) is 11.4. The van der Waals surface area contributed by atoms with E-state index in [1.54, 1.807) is 24.3 Å². The van der Waals surface area contributed by atoms with Crippen LogP contribution in [0, 0.1) is 0 Å². The van der Waals surface area contributed by atoms with Crippen molar-refractivity contribution < 1.29 is 13.9 Å². The number of nitrogens with one attached hydrogen (secondary N) is 1. The predicted molar refractivity (Wildman–Crippen MR) is 71.2 cm³/mol. The summed E-state index contributed by atoms with van der Waals surface area (Å²) >= 11 is 11.9. The van der Waals surface area contributed by atoms with Crippen LogP contribution in [0.25, 0.3) is 0 Å². The third-order valence-corrected chi connectivity index (χ3v) is 3.18. The summed E-state index contributed by atoms with van der Waals surface area (Å²) in [5, 5.41) is 0.712. The molecule has 7 heteroatoms. The lowest BCUT2D eigenvalue weighted by Gasteiger charge is -2.08. The van der Waals surface area contributed by atoms with E-state index in [-0.39, 0.29) is 12.4 Å². The topological polar surface area (TPSA) is 77.5 Å². The van der Waals surface area contributed by atoms with Crippen molar-refractivity contribution in [2.24, 2.45) is 5.84 Å². The molecule has 1 aromatic heterocycles. The first-order valence-electron chi connectivity index (χ1n) is 5.27. The summed E-state index contributed by atoms with van der Waals surface area (Å²) in [5.41, 5.74) is 2.55. The molecule has 0 radical (unpaired) electrons. The van der Waals surface area contributed by atoms with Gasteiger partial charge in [0, 0.05) is 5.56 Å². The average molecular weight is 301 g/mol. The van der Waals surface area contributed by atoms with Crippen molar-refractivity contribution in [3.63, 3.8) is 0 Å². The van der Waals surface area contributed by atoms with Crippen molar-refractivity contribution in [1.82, 2.24) is 5.43 Å².